The molecule has 0 bridgehead atoms. The van der Waals surface area contributed by atoms with E-state index in [1.807, 2.05) is 0 Å². The quantitative estimate of drug-likeness (QED) is 0.664. The number of sulfone groups is 1. The minimum atomic E-state index is -3.03. The van der Waals surface area contributed by atoms with Gasteiger partial charge < -0.3 is 15.1 Å². The van der Waals surface area contributed by atoms with E-state index in [0.717, 1.165) is 6.41 Å². The van der Waals surface area contributed by atoms with E-state index >= 15 is 0 Å². The van der Waals surface area contributed by atoms with Gasteiger partial charge in [-0.25, -0.2) is 13.2 Å². The van der Waals surface area contributed by atoms with Gasteiger partial charge >= 0.3 is 6.03 Å². The molecule has 2 aliphatic heterocycles. The summed E-state index contributed by atoms with van der Waals surface area (Å²) in [5, 5.41) is 2.81. The zero-order valence-electron chi connectivity index (χ0n) is 11.0. The largest absolute Gasteiger partial charge is 0.342 e. The van der Waals surface area contributed by atoms with E-state index in [9.17, 15) is 18.0 Å². The van der Waals surface area contributed by atoms with Crippen LogP contribution in [0.5, 0.6) is 0 Å². The lowest BCUT2D eigenvalue weighted by molar-refractivity contribution is -0.119. The van der Waals surface area contributed by atoms with Crippen LogP contribution in [0, 0.1) is 0 Å². The molecule has 7 nitrogen and oxygen atoms in total. The molecule has 1 N–H and O–H groups in total. The smallest absolute Gasteiger partial charge is 0.317 e. The van der Waals surface area contributed by atoms with Crippen LogP contribution in [0.2, 0.25) is 0 Å². The SMILES string of the molecule is C[C@]1(NC(=O)N2CCN(C=O)CC2)CCS(=O)(=O)C1. The lowest BCUT2D eigenvalue weighted by atomic mass is 10.0. The molecule has 0 aromatic rings. The summed E-state index contributed by atoms with van der Waals surface area (Å²) in [7, 11) is -3.03. The van der Waals surface area contributed by atoms with Crippen LogP contribution in [0.1, 0.15) is 13.3 Å². The summed E-state index contributed by atoms with van der Waals surface area (Å²) >= 11 is 0. The van der Waals surface area contributed by atoms with Crippen LogP contribution < -0.4 is 5.32 Å². The molecule has 0 aromatic heterocycles. The third kappa shape index (κ3) is 3.37. The monoisotopic (exact) mass is 289 g/mol. The van der Waals surface area contributed by atoms with Crippen LogP contribution >= 0.6 is 0 Å². The van der Waals surface area contributed by atoms with Crippen molar-refractivity contribution in [1.82, 2.24) is 15.1 Å². The lowest BCUT2D eigenvalue weighted by Gasteiger charge is -2.35. The van der Waals surface area contributed by atoms with Gasteiger partial charge in [0, 0.05) is 26.2 Å². The number of nitrogens with one attached hydrogen (secondary N) is 1. The molecule has 8 heteroatoms. The third-order valence-electron chi connectivity index (χ3n) is 3.66. The minimum absolute atomic E-state index is 0.0000424. The fraction of sp³-hybridized carbons (Fsp3) is 0.818. The summed E-state index contributed by atoms with van der Waals surface area (Å²) in [5.74, 6) is 0.128. The van der Waals surface area contributed by atoms with Crippen LogP contribution in [-0.4, -0.2) is 73.9 Å². The fourth-order valence-corrected chi connectivity index (χ4v) is 4.57. The number of rotatable bonds is 2. The number of carbonyl (C=O) groups is 2. The number of hydrogen-bond acceptors (Lipinski definition) is 4. The number of hydrogen-bond donors (Lipinski definition) is 1. The Labute approximate surface area is 112 Å². The van der Waals surface area contributed by atoms with Gasteiger partial charge in [-0.05, 0) is 13.3 Å². The zero-order valence-corrected chi connectivity index (χ0v) is 11.8. The maximum absolute atomic E-state index is 12.1. The fourth-order valence-electron chi connectivity index (χ4n) is 2.48. The predicted octanol–water partition coefficient (Wildman–Crippen LogP) is -0.953. The van der Waals surface area contributed by atoms with E-state index in [4.69, 9.17) is 0 Å². The maximum Gasteiger partial charge on any atom is 0.317 e. The predicted molar refractivity (Wildman–Crippen MR) is 69.4 cm³/mol. The molecule has 1 atom stereocenters. The molecule has 2 fully saturated rings. The number of piperazine rings is 1. The highest BCUT2D eigenvalue weighted by molar-refractivity contribution is 7.91. The van der Waals surface area contributed by atoms with Crippen molar-refractivity contribution in [3.8, 4) is 0 Å². The maximum atomic E-state index is 12.1. The second-order valence-electron chi connectivity index (χ2n) is 5.46. The van der Waals surface area contributed by atoms with Crippen molar-refractivity contribution in [2.45, 2.75) is 18.9 Å². The molecule has 0 radical (unpaired) electrons. The number of amides is 3. The first kappa shape index (κ1) is 14.1. The van der Waals surface area contributed by atoms with E-state index in [2.05, 4.69) is 5.32 Å². The van der Waals surface area contributed by atoms with Gasteiger partial charge in [0.25, 0.3) is 0 Å². The summed E-state index contributed by atoms with van der Waals surface area (Å²) in [6.45, 7) is 3.76. The third-order valence-corrected chi connectivity index (χ3v) is 5.57. The molecule has 0 spiro atoms. The molecule has 0 aromatic carbocycles. The molecule has 108 valence electrons. The van der Waals surface area contributed by atoms with Crippen molar-refractivity contribution < 1.29 is 18.0 Å². The van der Waals surface area contributed by atoms with Crippen LogP contribution in [0.15, 0.2) is 0 Å². The number of urea groups is 1. The Morgan fingerprint density at radius 1 is 1.26 bits per heavy atom. The summed E-state index contributed by atoms with van der Waals surface area (Å²) in [5.41, 5.74) is -0.669. The second-order valence-corrected chi connectivity index (χ2v) is 7.65. The van der Waals surface area contributed by atoms with E-state index in [0.29, 0.717) is 32.6 Å². The average Bonchev–Trinajstić information content (AvgIpc) is 2.63. The first-order valence-electron chi connectivity index (χ1n) is 6.30. The summed E-state index contributed by atoms with van der Waals surface area (Å²) in [4.78, 5) is 25.9. The standard InChI is InChI=1S/C11H19N3O4S/c1-11(2-7-19(17,18)8-11)12-10(16)14-5-3-13(9-15)4-6-14/h9H,2-8H2,1H3,(H,12,16)/t11-/m0/s1. The van der Waals surface area contributed by atoms with Crippen molar-refractivity contribution in [3.05, 3.63) is 0 Å². The van der Waals surface area contributed by atoms with Crippen molar-refractivity contribution in [2.24, 2.45) is 0 Å². The van der Waals surface area contributed by atoms with Gasteiger partial charge in [-0.3, -0.25) is 4.79 Å². The van der Waals surface area contributed by atoms with Gasteiger partial charge in [0.1, 0.15) is 0 Å². The molecular weight excluding hydrogens is 270 g/mol. The van der Waals surface area contributed by atoms with Gasteiger partial charge in [0.2, 0.25) is 6.41 Å². The summed E-state index contributed by atoms with van der Waals surface area (Å²) in [6.07, 6.45) is 1.23. The zero-order chi connectivity index (χ0) is 14.1. The van der Waals surface area contributed by atoms with Crippen LogP contribution in [0.3, 0.4) is 0 Å². The van der Waals surface area contributed by atoms with Crippen LogP contribution in [-0.2, 0) is 14.6 Å². The highest BCUT2D eigenvalue weighted by Crippen LogP contribution is 2.23. The summed E-state index contributed by atoms with van der Waals surface area (Å²) in [6, 6.07) is -0.245. The van der Waals surface area contributed by atoms with Gasteiger partial charge in [0.15, 0.2) is 9.84 Å². The molecule has 3 amide bonds. The van der Waals surface area contributed by atoms with Crippen molar-refractivity contribution in [3.63, 3.8) is 0 Å². The molecule has 2 rings (SSSR count). The Hall–Kier alpha value is -1.31. The molecule has 2 aliphatic rings. The number of carbonyl (C=O) groups excluding carboxylic acids is 2. The minimum Gasteiger partial charge on any atom is -0.342 e. The second kappa shape index (κ2) is 4.99. The van der Waals surface area contributed by atoms with Gasteiger partial charge in [-0.15, -0.1) is 0 Å². The van der Waals surface area contributed by atoms with Gasteiger partial charge in [-0.2, -0.15) is 0 Å². The van der Waals surface area contributed by atoms with E-state index in [1.165, 1.54) is 0 Å². The Balaban J connectivity index is 1.90. The first-order chi connectivity index (χ1) is 8.84. The molecule has 0 aliphatic carbocycles. The summed E-state index contributed by atoms with van der Waals surface area (Å²) < 4.78 is 23.0. The molecule has 0 unspecified atom stereocenters. The normalized spacial score (nSPS) is 30.2. The first-order valence-corrected chi connectivity index (χ1v) is 8.13. The molecule has 2 heterocycles. The van der Waals surface area contributed by atoms with Crippen molar-refractivity contribution in [1.29, 1.82) is 0 Å². The van der Waals surface area contributed by atoms with Crippen LogP contribution in [0.4, 0.5) is 4.79 Å². The number of nitrogens with zero attached hydrogens (tertiary/aromatic N) is 2. The lowest BCUT2D eigenvalue weighted by Crippen LogP contribution is -2.56. The Kier molecular flexibility index (Phi) is 3.71. The molecular formula is C11H19N3O4S. The van der Waals surface area contributed by atoms with E-state index < -0.39 is 15.4 Å². The van der Waals surface area contributed by atoms with Gasteiger partial charge in [0.05, 0.1) is 17.0 Å². The van der Waals surface area contributed by atoms with Crippen molar-refractivity contribution >= 4 is 22.3 Å². The van der Waals surface area contributed by atoms with Crippen molar-refractivity contribution in [2.75, 3.05) is 37.7 Å². The Morgan fingerprint density at radius 3 is 2.37 bits per heavy atom. The molecule has 0 saturated carbocycles. The molecule has 2 saturated heterocycles. The van der Waals surface area contributed by atoms with E-state index in [-0.39, 0.29) is 17.5 Å². The Morgan fingerprint density at radius 2 is 1.89 bits per heavy atom. The molecule has 19 heavy (non-hydrogen) atoms. The van der Waals surface area contributed by atoms with E-state index in [1.54, 1.807) is 16.7 Å². The van der Waals surface area contributed by atoms with Crippen LogP contribution in [0.25, 0.3) is 0 Å². The topological polar surface area (TPSA) is 86.8 Å². The van der Waals surface area contributed by atoms with Gasteiger partial charge in [-0.1, -0.05) is 0 Å². The Bertz CT molecular complexity index is 470. The average molecular weight is 289 g/mol. The highest BCUT2D eigenvalue weighted by atomic mass is 32.2. The highest BCUT2D eigenvalue weighted by Gasteiger charge is 2.40.